The highest BCUT2D eigenvalue weighted by molar-refractivity contribution is 5.94. The Kier molecular flexibility index (Phi) is 5.16. The van der Waals surface area contributed by atoms with E-state index in [1.165, 1.54) is 23.1 Å². The van der Waals surface area contributed by atoms with Crippen LogP contribution in [-0.2, 0) is 11.3 Å². The molecular weight excluding hydrogens is 329 g/mol. The fourth-order valence-electron chi connectivity index (χ4n) is 3.09. The van der Waals surface area contributed by atoms with E-state index in [1.54, 1.807) is 0 Å². The standard InChI is InChI=1S/C16H22FN5O3/c1-10(7-21-5-4-18-15(21)24)19-14(23)9-22-8-11-6-12(17)2-3-13(11)20-16(22)25/h2-3,6,10,15,18,24H,4-5,7-9H2,1H3,(H,19,23)(H,20,25)/t10-,15?/m1/s1. The molecule has 3 rings (SSSR count). The Balaban J connectivity index is 1.53. The van der Waals surface area contributed by atoms with Crippen molar-refractivity contribution in [1.29, 1.82) is 0 Å². The van der Waals surface area contributed by atoms with E-state index in [4.69, 9.17) is 0 Å². The van der Waals surface area contributed by atoms with Crippen LogP contribution < -0.4 is 16.0 Å². The molecule has 0 saturated carbocycles. The first-order valence-electron chi connectivity index (χ1n) is 8.21. The van der Waals surface area contributed by atoms with Gasteiger partial charge in [0, 0.05) is 31.4 Å². The van der Waals surface area contributed by atoms with Crippen LogP contribution in [0.2, 0.25) is 0 Å². The summed E-state index contributed by atoms with van der Waals surface area (Å²) in [5.41, 5.74) is 1.19. The van der Waals surface area contributed by atoms with Crippen LogP contribution in [-0.4, -0.2) is 65.4 Å². The lowest BCUT2D eigenvalue weighted by Crippen LogP contribution is -2.49. The quantitative estimate of drug-likeness (QED) is 0.592. The smallest absolute Gasteiger partial charge is 0.322 e. The number of carbonyl (C=O) groups excluding carboxylic acids is 2. The van der Waals surface area contributed by atoms with E-state index in [9.17, 15) is 19.1 Å². The summed E-state index contributed by atoms with van der Waals surface area (Å²) in [4.78, 5) is 27.4. The van der Waals surface area contributed by atoms with Crippen LogP contribution in [0.5, 0.6) is 0 Å². The molecule has 2 atom stereocenters. The number of halogens is 1. The molecule has 136 valence electrons. The van der Waals surface area contributed by atoms with Crippen LogP contribution in [0, 0.1) is 5.82 Å². The normalized spacial score (nSPS) is 21.6. The first-order chi connectivity index (χ1) is 11.9. The molecule has 25 heavy (non-hydrogen) atoms. The van der Waals surface area contributed by atoms with Gasteiger partial charge in [0.05, 0.1) is 6.54 Å². The number of urea groups is 1. The van der Waals surface area contributed by atoms with E-state index < -0.39 is 6.35 Å². The minimum atomic E-state index is -0.696. The van der Waals surface area contributed by atoms with Gasteiger partial charge < -0.3 is 20.6 Å². The molecule has 1 fully saturated rings. The van der Waals surface area contributed by atoms with Crippen LogP contribution in [0.4, 0.5) is 14.9 Å². The summed E-state index contributed by atoms with van der Waals surface area (Å²) in [6.07, 6.45) is -0.696. The summed E-state index contributed by atoms with van der Waals surface area (Å²) in [5.74, 6) is -0.685. The fourth-order valence-corrected chi connectivity index (χ4v) is 3.09. The van der Waals surface area contributed by atoms with Gasteiger partial charge in [-0.2, -0.15) is 0 Å². The molecule has 4 N–H and O–H groups in total. The molecule has 0 aromatic heterocycles. The number of aliphatic hydroxyl groups is 1. The number of rotatable bonds is 5. The lowest BCUT2D eigenvalue weighted by Gasteiger charge is -2.30. The topological polar surface area (TPSA) is 96.9 Å². The van der Waals surface area contributed by atoms with Gasteiger partial charge in [-0.3, -0.25) is 15.0 Å². The molecular formula is C16H22FN5O3. The number of hydrogen-bond donors (Lipinski definition) is 4. The Morgan fingerprint density at radius 2 is 2.32 bits per heavy atom. The third-order valence-electron chi connectivity index (χ3n) is 4.28. The number of hydrogen-bond acceptors (Lipinski definition) is 5. The third kappa shape index (κ3) is 4.25. The molecule has 0 radical (unpaired) electrons. The number of carbonyl (C=O) groups is 2. The van der Waals surface area contributed by atoms with Crippen molar-refractivity contribution in [3.63, 3.8) is 0 Å². The van der Waals surface area contributed by atoms with Crippen molar-refractivity contribution < 1.29 is 19.1 Å². The van der Waals surface area contributed by atoms with Crippen LogP contribution in [0.15, 0.2) is 18.2 Å². The predicted octanol–water partition coefficient (Wildman–Crippen LogP) is -0.141. The predicted molar refractivity (Wildman–Crippen MR) is 89.0 cm³/mol. The number of nitrogens with zero attached hydrogens (tertiary/aromatic N) is 2. The molecule has 2 heterocycles. The molecule has 0 bridgehead atoms. The summed E-state index contributed by atoms with van der Waals surface area (Å²) in [6, 6.07) is 3.58. The minimum absolute atomic E-state index is 0.118. The summed E-state index contributed by atoms with van der Waals surface area (Å²) >= 11 is 0. The number of fused-ring (bicyclic) bond motifs is 1. The SMILES string of the molecule is C[C@H](CN1CCNC1O)NC(=O)CN1Cc2cc(F)ccc2NC1=O. The molecule has 3 amide bonds. The summed E-state index contributed by atoms with van der Waals surface area (Å²) in [6.45, 7) is 3.80. The Morgan fingerprint density at radius 3 is 3.04 bits per heavy atom. The second-order valence-electron chi connectivity index (χ2n) is 6.38. The van der Waals surface area contributed by atoms with Crippen LogP contribution in [0.25, 0.3) is 0 Å². The molecule has 2 aliphatic heterocycles. The summed E-state index contributed by atoms with van der Waals surface area (Å²) in [5, 5.41) is 18.1. The van der Waals surface area contributed by atoms with Gasteiger partial charge >= 0.3 is 6.03 Å². The largest absolute Gasteiger partial charge is 0.365 e. The van der Waals surface area contributed by atoms with Gasteiger partial charge in [-0.05, 0) is 30.7 Å². The average molecular weight is 351 g/mol. The lowest BCUT2D eigenvalue weighted by molar-refractivity contribution is -0.122. The van der Waals surface area contributed by atoms with Gasteiger partial charge in [-0.25, -0.2) is 9.18 Å². The van der Waals surface area contributed by atoms with Crippen LogP contribution in [0.1, 0.15) is 12.5 Å². The molecule has 1 aromatic carbocycles. The van der Waals surface area contributed by atoms with Gasteiger partial charge in [0.1, 0.15) is 12.4 Å². The maximum Gasteiger partial charge on any atom is 0.322 e. The molecule has 1 aromatic rings. The van der Waals surface area contributed by atoms with E-state index in [2.05, 4.69) is 16.0 Å². The highest BCUT2D eigenvalue weighted by Crippen LogP contribution is 2.23. The van der Waals surface area contributed by atoms with Crippen molar-refractivity contribution in [3.05, 3.63) is 29.6 Å². The summed E-state index contributed by atoms with van der Waals surface area (Å²) < 4.78 is 13.3. The minimum Gasteiger partial charge on any atom is -0.365 e. The molecule has 1 saturated heterocycles. The maximum atomic E-state index is 13.3. The molecule has 1 unspecified atom stereocenters. The molecule has 0 aliphatic carbocycles. The maximum absolute atomic E-state index is 13.3. The number of nitrogens with one attached hydrogen (secondary N) is 3. The van der Waals surface area contributed by atoms with E-state index in [0.29, 0.717) is 30.9 Å². The Morgan fingerprint density at radius 1 is 1.52 bits per heavy atom. The second-order valence-corrected chi connectivity index (χ2v) is 6.38. The number of aliphatic hydroxyl groups excluding tert-OH is 1. The number of anilines is 1. The van der Waals surface area contributed by atoms with Crippen molar-refractivity contribution in [2.24, 2.45) is 0 Å². The van der Waals surface area contributed by atoms with Gasteiger partial charge in [0.15, 0.2) is 6.35 Å². The number of amides is 3. The average Bonchev–Trinajstić information content (AvgIpc) is 2.93. The van der Waals surface area contributed by atoms with Gasteiger partial charge in [-0.15, -0.1) is 0 Å². The molecule has 8 nitrogen and oxygen atoms in total. The first-order valence-corrected chi connectivity index (χ1v) is 8.21. The Hall–Kier alpha value is -2.23. The van der Waals surface area contributed by atoms with E-state index >= 15 is 0 Å². The van der Waals surface area contributed by atoms with Crippen molar-refractivity contribution in [2.75, 3.05) is 31.5 Å². The van der Waals surface area contributed by atoms with Crippen molar-refractivity contribution in [2.45, 2.75) is 25.9 Å². The zero-order valence-corrected chi connectivity index (χ0v) is 14.0. The van der Waals surface area contributed by atoms with Gasteiger partial charge in [0.2, 0.25) is 5.91 Å². The third-order valence-corrected chi connectivity index (χ3v) is 4.28. The van der Waals surface area contributed by atoms with E-state index in [1.807, 2.05) is 11.8 Å². The van der Waals surface area contributed by atoms with E-state index in [-0.39, 0.29) is 36.9 Å². The van der Waals surface area contributed by atoms with Crippen LogP contribution >= 0.6 is 0 Å². The van der Waals surface area contributed by atoms with Crippen molar-refractivity contribution in [3.8, 4) is 0 Å². The molecule has 2 aliphatic rings. The number of benzene rings is 1. The van der Waals surface area contributed by atoms with Crippen molar-refractivity contribution >= 4 is 17.6 Å². The monoisotopic (exact) mass is 351 g/mol. The van der Waals surface area contributed by atoms with E-state index in [0.717, 1.165) is 0 Å². The van der Waals surface area contributed by atoms with Gasteiger partial charge in [0.25, 0.3) is 0 Å². The second kappa shape index (κ2) is 7.34. The molecule has 9 heteroatoms. The Labute approximate surface area is 145 Å². The molecule has 0 spiro atoms. The first kappa shape index (κ1) is 17.6. The fraction of sp³-hybridized carbons (Fsp3) is 0.500. The highest BCUT2D eigenvalue weighted by Gasteiger charge is 2.26. The zero-order valence-electron chi connectivity index (χ0n) is 14.0. The van der Waals surface area contributed by atoms with Crippen molar-refractivity contribution in [1.82, 2.24) is 20.4 Å². The Bertz CT molecular complexity index is 671. The highest BCUT2D eigenvalue weighted by atomic mass is 19.1. The lowest BCUT2D eigenvalue weighted by atomic mass is 10.1. The van der Waals surface area contributed by atoms with Crippen LogP contribution in [0.3, 0.4) is 0 Å². The zero-order chi connectivity index (χ0) is 18.0. The van der Waals surface area contributed by atoms with Gasteiger partial charge in [-0.1, -0.05) is 0 Å². The summed E-state index contributed by atoms with van der Waals surface area (Å²) in [7, 11) is 0.